The molecular formula is C12H15BrNO+. The molecule has 3 heteroatoms. The molecule has 0 amide bonds. The van der Waals surface area contributed by atoms with Gasteiger partial charge in [-0.3, -0.25) is 4.79 Å². The van der Waals surface area contributed by atoms with Gasteiger partial charge in [-0.2, -0.15) is 0 Å². The van der Waals surface area contributed by atoms with Crippen LogP contribution in [0.25, 0.3) is 0 Å². The van der Waals surface area contributed by atoms with Crippen molar-refractivity contribution in [1.82, 2.24) is 0 Å². The van der Waals surface area contributed by atoms with E-state index < -0.39 is 0 Å². The first-order valence-corrected chi connectivity index (χ1v) is 5.48. The van der Waals surface area contributed by atoms with Crippen molar-refractivity contribution >= 4 is 21.7 Å². The highest BCUT2D eigenvalue weighted by Gasteiger charge is 2.05. The Labute approximate surface area is 98.9 Å². The van der Waals surface area contributed by atoms with Gasteiger partial charge < -0.3 is 4.48 Å². The Hall–Kier alpha value is -0.930. The highest BCUT2D eigenvalue weighted by molar-refractivity contribution is 9.10. The molecule has 0 atom stereocenters. The second-order valence-electron chi connectivity index (χ2n) is 4.30. The number of rotatable bonds is 3. The van der Waals surface area contributed by atoms with Gasteiger partial charge >= 0.3 is 0 Å². The minimum Gasteiger partial charge on any atom is -0.304 e. The van der Waals surface area contributed by atoms with Crippen molar-refractivity contribution in [2.75, 3.05) is 21.1 Å². The van der Waals surface area contributed by atoms with Gasteiger partial charge in [-0.15, -0.1) is 0 Å². The van der Waals surface area contributed by atoms with Crippen LogP contribution in [0.3, 0.4) is 0 Å². The molecule has 0 aliphatic carbocycles. The zero-order valence-corrected chi connectivity index (χ0v) is 10.8. The van der Waals surface area contributed by atoms with Crippen molar-refractivity contribution in [3.05, 3.63) is 46.6 Å². The summed E-state index contributed by atoms with van der Waals surface area (Å²) in [5, 5.41) is 0. The molecule has 2 nitrogen and oxygen atoms in total. The Morgan fingerprint density at radius 3 is 2.20 bits per heavy atom. The number of halogens is 1. The number of quaternary nitrogens is 1. The van der Waals surface area contributed by atoms with E-state index in [2.05, 4.69) is 15.9 Å². The van der Waals surface area contributed by atoms with Crippen LogP contribution in [0.15, 0.2) is 41.0 Å². The van der Waals surface area contributed by atoms with E-state index in [0.717, 1.165) is 4.47 Å². The predicted molar refractivity (Wildman–Crippen MR) is 65.6 cm³/mol. The van der Waals surface area contributed by atoms with E-state index in [9.17, 15) is 4.79 Å². The highest BCUT2D eigenvalue weighted by Crippen LogP contribution is 2.11. The van der Waals surface area contributed by atoms with Gasteiger partial charge in [0.25, 0.3) is 0 Å². The molecule has 1 rings (SSSR count). The maximum absolute atomic E-state index is 11.7. The number of carbonyl (C=O) groups excluding carboxylic acids is 1. The van der Waals surface area contributed by atoms with Gasteiger partial charge in [0, 0.05) is 16.1 Å². The zero-order chi connectivity index (χ0) is 11.5. The van der Waals surface area contributed by atoms with Gasteiger partial charge in [-0.1, -0.05) is 15.9 Å². The molecule has 0 unspecified atom stereocenters. The van der Waals surface area contributed by atoms with Gasteiger partial charge in [0.15, 0.2) is 5.78 Å². The van der Waals surface area contributed by atoms with E-state index in [-0.39, 0.29) is 5.78 Å². The molecule has 0 aliphatic heterocycles. The van der Waals surface area contributed by atoms with E-state index in [1.54, 1.807) is 6.08 Å². The number of allylic oxidation sites excluding steroid dienone is 1. The van der Waals surface area contributed by atoms with Gasteiger partial charge in [0.1, 0.15) is 0 Å². The minimum absolute atomic E-state index is 0.0375. The first kappa shape index (κ1) is 12.1. The lowest BCUT2D eigenvalue weighted by Gasteiger charge is -2.16. The molecule has 80 valence electrons. The van der Waals surface area contributed by atoms with Gasteiger partial charge in [-0.25, -0.2) is 0 Å². The average Bonchev–Trinajstić information content (AvgIpc) is 2.14. The summed E-state index contributed by atoms with van der Waals surface area (Å²) in [4.78, 5) is 11.7. The lowest BCUT2D eigenvalue weighted by Crippen LogP contribution is -2.27. The van der Waals surface area contributed by atoms with Crippen LogP contribution in [0.2, 0.25) is 0 Å². The third kappa shape index (κ3) is 4.40. The predicted octanol–water partition coefficient (Wildman–Crippen LogP) is 2.85. The minimum atomic E-state index is 0.0375. The third-order valence-corrected chi connectivity index (χ3v) is 2.33. The van der Waals surface area contributed by atoms with E-state index in [4.69, 9.17) is 0 Å². The number of nitrogens with zero attached hydrogens (tertiary/aromatic N) is 1. The van der Waals surface area contributed by atoms with Crippen LogP contribution in [0, 0.1) is 0 Å². The van der Waals surface area contributed by atoms with Crippen molar-refractivity contribution < 1.29 is 9.28 Å². The monoisotopic (exact) mass is 268 g/mol. The summed E-state index contributed by atoms with van der Waals surface area (Å²) in [6.07, 6.45) is 3.48. The van der Waals surface area contributed by atoms with Crippen molar-refractivity contribution in [2.45, 2.75) is 0 Å². The second kappa shape index (κ2) is 4.73. The van der Waals surface area contributed by atoms with Crippen molar-refractivity contribution in [2.24, 2.45) is 0 Å². The number of hydrogen-bond donors (Lipinski definition) is 0. The molecule has 15 heavy (non-hydrogen) atoms. The Kier molecular flexibility index (Phi) is 3.83. The number of hydrogen-bond acceptors (Lipinski definition) is 1. The molecule has 0 saturated heterocycles. The number of benzene rings is 1. The largest absolute Gasteiger partial charge is 0.304 e. The zero-order valence-electron chi connectivity index (χ0n) is 9.20. The number of carbonyl (C=O) groups is 1. The molecule has 0 aliphatic rings. The van der Waals surface area contributed by atoms with E-state index >= 15 is 0 Å². The van der Waals surface area contributed by atoms with E-state index in [1.165, 1.54) is 0 Å². The van der Waals surface area contributed by atoms with Gasteiger partial charge in [-0.05, 0) is 24.3 Å². The quantitative estimate of drug-likeness (QED) is 0.468. The van der Waals surface area contributed by atoms with Crippen LogP contribution in [-0.2, 0) is 0 Å². The van der Waals surface area contributed by atoms with Crippen LogP contribution < -0.4 is 0 Å². The maximum Gasteiger partial charge on any atom is 0.191 e. The molecule has 0 aromatic heterocycles. The van der Waals surface area contributed by atoms with Gasteiger partial charge in [0.05, 0.1) is 27.3 Å². The highest BCUT2D eigenvalue weighted by atomic mass is 79.9. The molecule has 0 saturated carbocycles. The molecule has 0 spiro atoms. The van der Waals surface area contributed by atoms with Crippen LogP contribution in [-0.4, -0.2) is 31.4 Å². The lowest BCUT2D eigenvalue weighted by atomic mass is 10.1. The maximum atomic E-state index is 11.7. The summed E-state index contributed by atoms with van der Waals surface area (Å²) in [6.45, 7) is 0. The molecule has 0 radical (unpaired) electrons. The van der Waals surface area contributed by atoms with Crippen LogP contribution >= 0.6 is 15.9 Å². The molecular weight excluding hydrogens is 254 g/mol. The van der Waals surface area contributed by atoms with E-state index in [0.29, 0.717) is 10.0 Å². The summed E-state index contributed by atoms with van der Waals surface area (Å²) < 4.78 is 1.62. The van der Waals surface area contributed by atoms with Crippen molar-refractivity contribution in [1.29, 1.82) is 0 Å². The average molecular weight is 269 g/mol. The smallest absolute Gasteiger partial charge is 0.191 e. The molecule has 0 N–H and O–H groups in total. The van der Waals surface area contributed by atoms with Crippen LogP contribution in [0.1, 0.15) is 10.4 Å². The Morgan fingerprint density at radius 1 is 1.20 bits per heavy atom. The van der Waals surface area contributed by atoms with E-state index in [1.807, 2.05) is 51.6 Å². The summed E-state index contributed by atoms with van der Waals surface area (Å²) in [5.41, 5.74) is 0.711. The molecule has 0 fully saturated rings. The Balaban J connectivity index is 2.78. The van der Waals surface area contributed by atoms with Gasteiger partial charge in [0.2, 0.25) is 0 Å². The molecule has 1 aromatic rings. The summed E-state index contributed by atoms with van der Waals surface area (Å²) in [6, 6.07) is 7.36. The SMILES string of the molecule is C[N+](C)(C)/C=C/C(=O)c1ccc(Br)cc1. The molecule has 0 bridgehead atoms. The topological polar surface area (TPSA) is 17.1 Å². The van der Waals surface area contributed by atoms with Crippen LogP contribution in [0.5, 0.6) is 0 Å². The Morgan fingerprint density at radius 2 is 1.73 bits per heavy atom. The lowest BCUT2D eigenvalue weighted by molar-refractivity contribution is -0.817. The fourth-order valence-corrected chi connectivity index (χ4v) is 1.27. The first-order chi connectivity index (χ1) is 6.88. The first-order valence-electron chi connectivity index (χ1n) is 4.69. The summed E-state index contributed by atoms with van der Waals surface area (Å²) in [7, 11) is 6.02. The standard InChI is InChI=1S/C12H15BrNO/c1-14(2,3)9-8-12(15)10-4-6-11(13)7-5-10/h4-9H,1-3H3/q+1/b9-8+. The van der Waals surface area contributed by atoms with Crippen molar-refractivity contribution in [3.8, 4) is 0 Å². The summed E-state index contributed by atoms with van der Waals surface area (Å²) >= 11 is 3.33. The third-order valence-electron chi connectivity index (χ3n) is 1.80. The number of ketones is 1. The normalized spacial score (nSPS) is 12.0. The Bertz CT molecular complexity index is 374. The second-order valence-corrected chi connectivity index (χ2v) is 5.22. The molecule has 1 aromatic carbocycles. The van der Waals surface area contributed by atoms with Crippen molar-refractivity contribution in [3.63, 3.8) is 0 Å². The summed E-state index contributed by atoms with van der Waals surface area (Å²) in [5.74, 6) is 0.0375. The van der Waals surface area contributed by atoms with Crippen LogP contribution in [0.4, 0.5) is 0 Å². The fourth-order valence-electron chi connectivity index (χ4n) is 1.00. The molecule has 0 heterocycles. The fraction of sp³-hybridized carbons (Fsp3) is 0.250.